The predicted molar refractivity (Wildman–Crippen MR) is 75.6 cm³/mol. The van der Waals surface area contributed by atoms with Gasteiger partial charge in [-0.15, -0.1) is 0 Å². The first-order valence-corrected chi connectivity index (χ1v) is 6.41. The third-order valence-electron chi connectivity index (χ3n) is 2.16. The van der Waals surface area contributed by atoms with Crippen molar-refractivity contribution in [1.29, 1.82) is 5.26 Å². The van der Waals surface area contributed by atoms with Gasteiger partial charge in [-0.1, -0.05) is 6.07 Å². The molecular weight excluding hydrogens is 328 g/mol. The Labute approximate surface area is 123 Å². The van der Waals surface area contributed by atoms with E-state index in [-0.39, 0.29) is 17.4 Å². The molecule has 1 aromatic carbocycles. The summed E-state index contributed by atoms with van der Waals surface area (Å²) in [5.74, 6) is -0.756. The lowest BCUT2D eigenvalue weighted by Crippen LogP contribution is -2.12. The van der Waals surface area contributed by atoms with Crippen LogP contribution in [0.5, 0.6) is 0 Å². The molecule has 0 saturated carbocycles. The Morgan fingerprint density at radius 2 is 2.20 bits per heavy atom. The van der Waals surface area contributed by atoms with Gasteiger partial charge in [-0.3, -0.25) is 10.1 Å². The lowest BCUT2D eigenvalue weighted by molar-refractivity contribution is -0.385. The van der Waals surface area contributed by atoms with Crippen LogP contribution in [-0.4, -0.2) is 17.0 Å². The van der Waals surface area contributed by atoms with Gasteiger partial charge in [-0.25, -0.2) is 4.79 Å². The Kier molecular flexibility index (Phi) is 5.41. The van der Waals surface area contributed by atoms with Crippen molar-refractivity contribution in [2.45, 2.75) is 20.0 Å². The van der Waals surface area contributed by atoms with Crippen LogP contribution in [0.25, 0.3) is 6.08 Å². The molecule has 0 saturated heterocycles. The minimum Gasteiger partial charge on any atom is -0.459 e. The summed E-state index contributed by atoms with van der Waals surface area (Å²) in [5.41, 5.74) is 0.0146. The van der Waals surface area contributed by atoms with Crippen LogP contribution in [0.1, 0.15) is 19.4 Å². The molecule has 0 amide bonds. The smallest absolute Gasteiger partial charge is 0.349 e. The third kappa shape index (κ3) is 4.17. The number of carbonyl (C=O) groups is 1. The lowest BCUT2D eigenvalue weighted by atomic mass is 10.1. The molecular formula is C13H11BrN2O4. The molecule has 6 nitrogen and oxygen atoms in total. The number of hydrogen-bond donors (Lipinski definition) is 0. The molecule has 0 aromatic heterocycles. The third-order valence-corrected chi connectivity index (χ3v) is 2.83. The number of hydrogen-bond acceptors (Lipinski definition) is 5. The Bertz CT molecular complexity index is 617. The average Bonchev–Trinajstić information content (AvgIpc) is 2.36. The SMILES string of the molecule is CC(C)OC(=O)/C(C#N)=C/c1ccc(Br)c([N+](=O)[O-])c1. The average molecular weight is 339 g/mol. The van der Waals surface area contributed by atoms with E-state index < -0.39 is 10.9 Å². The summed E-state index contributed by atoms with van der Waals surface area (Å²) in [6, 6.07) is 6.02. The minimum atomic E-state index is -0.756. The van der Waals surface area contributed by atoms with E-state index in [0.29, 0.717) is 10.0 Å². The van der Waals surface area contributed by atoms with Crippen LogP contribution in [0.3, 0.4) is 0 Å². The molecule has 0 atom stereocenters. The summed E-state index contributed by atoms with van der Waals surface area (Å²) >= 11 is 3.06. The molecule has 0 aliphatic heterocycles. The number of benzene rings is 1. The Morgan fingerprint density at radius 1 is 1.55 bits per heavy atom. The topological polar surface area (TPSA) is 93.2 Å². The van der Waals surface area contributed by atoms with E-state index in [2.05, 4.69) is 15.9 Å². The number of nitrogens with zero attached hydrogens (tertiary/aromatic N) is 2. The summed E-state index contributed by atoms with van der Waals surface area (Å²) < 4.78 is 5.23. The standard InChI is InChI=1S/C13H11BrN2O4/c1-8(2)20-13(17)10(7-15)5-9-3-4-11(14)12(6-9)16(18)19/h3-6,8H,1-2H3/b10-5+. The van der Waals surface area contributed by atoms with Gasteiger partial charge in [0.1, 0.15) is 11.6 Å². The van der Waals surface area contributed by atoms with Gasteiger partial charge in [0.15, 0.2) is 0 Å². The van der Waals surface area contributed by atoms with E-state index in [9.17, 15) is 14.9 Å². The van der Waals surface area contributed by atoms with E-state index in [1.165, 1.54) is 18.2 Å². The summed E-state index contributed by atoms with van der Waals surface area (Å²) in [6.45, 7) is 3.33. The zero-order valence-corrected chi connectivity index (χ0v) is 12.4. The first-order chi connectivity index (χ1) is 9.35. The van der Waals surface area contributed by atoms with Crippen LogP contribution in [-0.2, 0) is 9.53 Å². The highest BCUT2D eigenvalue weighted by atomic mass is 79.9. The van der Waals surface area contributed by atoms with Crippen molar-refractivity contribution in [3.8, 4) is 6.07 Å². The second kappa shape index (κ2) is 6.82. The Hall–Kier alpha value is -2.20. The highest BCUT2D eigenvalue weighted by Crippen LogP contribution is 2.26. The van der Waals surface area contributed by atoms with Gasteiger partial charge < -0.3 is 4.74 Å². The molecule has 0 aliphatic rings. The Morgan fingerprint density at radius 3 is 2.70 bits per heavy atom. The largest absolute Gasteiger partial charge is 0.459 e. The van der Waals surface area contributed by atoms with Gasteiger partial charge in [0.25, 0.3) is 5.69 Å². The zero-order valence-electron chi connectivity index (χ0n) is 10.8. The number of ether oxygens (including phenoxy) is 1. The molecule has 0 radical (unpaired) electrons. The monoisotopic (exact) mass is 338 g/mol. The van der Waals surface area contributed by atoms with Gasteiger partial charge in [0, 0.05) is 6.07 Å². The van der Waals surface area contributed by atoms with Crippen LogP contribution >= 0.6 is 15.9 Å². The Balaban J connectivity index is 3.14. The van der Waals surface area contributed by atoms with E-state index in [1.54, 1.807) is 26.0 Å². The van der Waals surface area contributed by atoms with Gasteiger partial charge in [0.05, 0.1) is 15.5 Å². The van der Waals surface area contributed by atoms with E-state index in [1.807, 2.05) is 0 Å². The highest BCUT2D eigenvalue weighted by molar-refractivity contribution is 9.10. The molecule has 0 bridgehead atoms. The first kappa shape index (κ1) is 15.9. The van der Waals surface area contributed by atoms with Gasteiger partial charge >= 0.3 is 5.97 Å². The van der Waals surface area contributed by atoms with E-state index in [0.717, 1.165) is 0 Å². The van der Waals surface area contributed by atoms with Crippen LogP contribution < -0.4 is 0 Å². The summed E-state index contributed by atoms with van der Waals surface area (Å²) in [5, 5.41) is 19.7. The molecule has 1 aromatic rings. The maximum Gasteiger partial charge on any atom is 0.349 e. The van der Waals surface area contributed by atoms with Gasteiger partial charge in [0.2, 0.25) is 0 Å². The van der Waals surface area contributed by atoms with Crippen molar-refractivity contribution >= 4 is 33.7 Å². The predicted octanol–water partition coefficient (Wildman–Crippen LogP) is 3.22. The molecule has 0 heterocycles. The fraction of sp³-hybridized carbons (Fsp3) is 0.231. The van der Waals surface area contributed by atoms with Gasteiger partial charge in [-0.05, 0) is 47.5 Å². The molecule has 0 N–H and O–H groups in total. The summed E-state index contributed by atoms with van der Waals surface area (Å²) in [4.78, 5) is 21.9. The van der Waals surface area contributed by atoms with Gasteiger partial charge in [-0.2, -0.15) is 5.26 Å². The second-order valence-electron chi connectivity index (χ2n) is 4.09. The lowest BCUT2D eigenvalue weighted by Gasteiger charge is -2.06. The molecule has 7 heteroatoms. The van der Waals surface area contributed by atoms with Crippen molar-refractivity contribution < 1.29 is 14.5 Å². The number of esters is 1. The number of halogens is 1. The maximum atomic E-state index is 11.6. The van der Waals surface area contributed by atoms with E-state index >= 15 is 0 Å². The number of nitro groups is 1. The molecule has 0 fully saturated rings. The minimum absolute atomic E-state index is 0.145. The van der Waals surface area contributed by atoms with Crippen molar-refractivity contribution in [3.63, 3.8) is 0 Å². The second-order valence-corrected chi connectivity index (χ2v) is 4.95. The fourth-order valence-corrected chi connectivity index (χ4v) is 1.73. The van der Waals surface area contributed by atoms with Crippen LogP contribution in [0.15, 0.2) is 28.2 Å². The van der Waals surface area contributed by atoms with Crippen LogP contribution in [0.4, 0.5) is 5.69 Å². The zero-order chi connectivity index (χ0) is 15.3. The first-order valence-electron chi connectivity index (χ1n) is 5.62. The quantitative estimate of drug-likeness (QED) is 0.276. The number of nitriles is 1. The fourth-order valence-electron chi connectivity index (χ4n) is 1.34. The molecule has 0 aliphatic carbocycles. The summed E-state index contributed by atoms with van der Waals surface area (Å²) in [6.07, 6.45) is 0.906. The molecule has 0 unspecified atom stereocenters. The van der Waals surface area contributed by atoms with Crippen LogP contribution in [0.2, 0.25) is 0 Å². The molecule has 20 heavy (non-hydrogen) atoms. The number of nitro benzene ring substituents is 1. The van der Waals surface area contributed by atoms with Crippen molar-refractivity contribution in [2.75, 3.05) is 0 Å². The highest BCUT2D eigenvalue weighted by Gasteiger charge is 2.15. The van der Waals surface area contributed by atoms with E-state index in [4.69, 9.17) is 10.00 Å². The normalized spacial score (nSPS) is 11.1. The maximum absolute atomic E-state index is 11.6. The number of rotatable bonds is 4. The van der Waals surface area contributed by atoms with Crippen molar-refractivity contribution in [3.05, 3.63) is 43.9 Å². The molecule has 1 rings (SSSR count). The molecule has 104 valence electrons. The van der Waals surface area contributed by atoms with Crippen molar-refractivity contribution in [1.82, 2.24) is 0 Å². The summed E-state index contributed by atoms with van der Waals surface area (Å²) in [7, 11) is 0. The van der Waals surface area contributed by atoms with Crippen LogP contribution in [0, 0.1) is 21.4 Å². The number of carbonyl (C=O) groups excluding carboxylic acids is 1. The van der Waals surface area contributed by atoms with Crippen molar-refractivity contribution in [2.24, 2.45) is 0 Å². The molecule has 0 spiro atoms.